The molecule has 1 aliphatic heterocycles. The molecule has 3 heterocycles. The fraction of sp³-hybridized carbons (Fsp3) is 0.500. The summed E-state index contributed by atoms with van der Waals surface area (Å²) in [4.78, 5) is 8.38. The fourth-order valence-corrected chi connectivity index (χ4v) is 5.57. The SMILES string of the molecule is CCCCn1cc(S(=O)(=O)N2CCCC(c3nc4ccccc4[nH]3)C2)c(C)n1. The van der Waals surface area contributed by atoms with Crippen LogP contribution in [0.3, 0.4) is 0 Å². The molecule has 0 saturated carbocycles. The van der Waals surface area contributed by atoms with Crippen molar-refractivity contribution in [3.05, 3.63) is 42.0 Å². The highest BCUT2D eigenvalue weighted by molar-refractivity contribution is 7.89. The van der Waals surface area contributed by atoms with Gasteiger partial charge in [-0.25, -0.2) is 13.4 Å². The van der Waals surface area contributed by atoms with Crippen LogP contribution in [0.15, 0.2) is 35.4 Å². The third kappa shape index (κ3) is 3.58. The third-order valence-corrected chi connectivity index (χ3v) is 7.41. The van der Waals surface area contributed by atoms with Crippen LogP contribution in [-0.4, -0.2) is 45.6 Å². The van der Waals surface area contributed by atoms with Crippen LogP contribution < -0.4 is 0 Å². The second-order valence-electron chi connectivity index (χ2n) is 7.54. The number of hydrogen-bond donors (Lipinski definition) is 1. The van der Waals surface area contributed by atoms with Gasteiger partial charge in [-0.05, 0) is 38.3 Å². The molecule has 1 fully saturated rings. The number of aryl methyl sites for hydroxylation is 2. The van der Waals surface area contributed by atoms with E-state index in [9.17, 15) is 8.42 Å². The van der Waals surface area contributed by atoms with Gasteiger partial charge in [-0.15, -0.1) is 0 Å². The van der Waals surface area contributed by atoms with Crippen molar-refractivity contribution in [1.82, 2.24) is 24.1 Å². The maximum absolute atomic E-state index is 13.3. The van der Waals surface area contributed by atoms with E-state index >= 15 is 0 Å². The number of rotatable bonds is 6. The average molecular weight is 402 g/mol. The van der Waals surface area contributed by atoms with Crippen LogP contribution in [0.1, 0.15) is 50.0 Å². The summed E-state index contributed by atoms with van der Waals surface area (Å²) < 4.78 is 29.9. The molecular weight excluding hydrogens is 374 g/mol. The summed E-state index contributed by atoms with van der Waals surface area (Å²) in [6.45, 7) is 5.62. The Morgan fingerprint density at radius 1 is 1.29 bits per heavy atom. The van der Waals surface area contributed by atoms with E-state index in [1.807, 2.05) is 24.3 Å². The topological polar surface area (TPSA) is 83.9 Å². The summed E-state index contributed by atoms with van der Waals surface area (Å²) in [6.07, 6.45) is 5.47. The first-order chi connectivity index (χ1) is 13.5. The van der Waals surface area contributed by atoms with Gasteiger partial charge in [-0.2, -0.15) is 9.40 Å². The molecule has 150 valence electrons. The van der Waals surface area contributed by atoms with Crippen molar-refractivity contribution in [1.29, 1.82) is 0 Å². The molecule has 1 aromatic carbocycles. The largest absolute Gasteiger partial charge is 0.342 e. The van der Waals surface area contributed by atoms with Crippen molar-refractivity contribution in [2.24, 2.45) is 0 Å². The Morgan fingerprint density at radius 2 is 2.11 bits per heavy atom. The number of aromatic nitrogens is 4. The fourth-order valence-electron chi connectivity index (χ4n) is 3.88. The molecule has 8 heteroatoms. The number of imidazole rings is 1. The van der Waals surface area contributed by atoms with Gasteiger partial charge in [0, 0.05) is 31.7 Å². The summed E-state index contributed by atoms with van der Waals surface area (Å²) in [6, 6.07) is 7.91. The van der Waals surface area contributed by atoms with Gasteiger partial charge in [0.05, 0.1) is 16.7 Å². The number of aromatic amines is 1. The van der Waals surface area contributed by atoms with Crippen LogP contribution in [0.4, 0.5) is 0 Å². The van der Waals surface area contributed by atoms with Crippen molar-refractivity contribution in [3.8, 4) is 0 Å². The van der Waals surface area contributed by atoms with Gasteiger partial charge < -0.3 is 4.98 Å². The molecule has 1 saturated heterocycles. The lowest BCUT2D eigenvalue weighted by Crippen LogP contribution is -2.39. The normalized spacial score (nSPS) is 18.7. The summed E-state index contributed by atoms with van der Waals surface area (Å²) in [5, 5.41) is 4.41. The van der Waals surface area contributed by atoms with Gasteiger partial charge in [-0.1, -0.05) is 25.5 Å². The number of H-pyrrole nitrogens is 1. The lowest BCUT2D eigenvalue weighted by Gasteiger charge is -2.30. The first kappa shape index (κ1) is 19.1. The Morgan fingerprint density at radius 3 is 2.89 bits per heavy atom. The first-order valence-electron chi connectivity index (χ1n) is 9.98. The number of para-hydroxylation sites is 2. The van der Waals surface area contributed by atoms with Gasteiger partial charge in [0.25, 0.3) is 0 Å². The number of nitrogens with one attached hydrogen (secondary N) is 1. The minimum Gasteiger partial charge on any atom is -0.342 e. The van der Waals surface area contributed by atoms with Gasteiger partial charge in [0.1, 0.15) is 10.7 Å². The minimum atomic E-state index is -3.56. The van der Waals surface area contributed by atoms with E-state index in [1.165, 1.54) is 0 Å². The first-order valence-corrected chi connectivity index (χ1v) is 11.4. The van der Waals surface area contributed by atoms with Crippen LogP contribution in [0.5, 0.6) is 0 Å². The molecule has 1 aliphatic rings. The number of unbranched alkanes of at least 4 members (excludes halogenated alkanes) is 1. The van der Waals surface area contributed by atoms with Gasteiger partial charge >= 0.3 is 0 Å². The summed E-state index contributed by atoms with van der Waals surface area (Å²) in [7, 11) is -3.56. The van der Waals surface area contributed by atoms with Crippen molar-refractivity contribution < 1.29 is 8.42 Å². The standard InChI is InChI=1S/C20H27N5O2S/c1-3-4-11-24-14-19(15(2)23-24)28(26,27)25-12-7-8-16(13-25)20-21-17-9-5-6-10-18(17)22-20/h5-6,9-10,14,16H,3-4,7-8,11-13H2,1-2H3,(H,21,22). The number of piperidine rings is 1. The van der Waals surface area contributed by atoms with Crippen LogP contribution >= 0.6 is 0 Å². The lowest BCUT2D eigenvalue weighted by molar-refractivity contribution is 0.310. The van der Waals surface area contributed by atoms with E-state index in [0.29, 0.717) is 23.7 Å². The number of sulfonamides is 1. The minimum absolute atomic E-state index is 0.0753. The number of hydrogen-bond acceptors (Lipinski definition) is 4. The highest BCUT2D eigenvalue weighted by atomic mass is 32.2. The van der Waals surface area contributed by atoms with Crippen molar-refractivity contribution >= 4 is 21.1 Å². The van der Waals surface area contributed by atoms with Crippen molar-refractivity contribution in [3.63, 3.8) is 0 Å². The molecular formula is C20H27N5O2S. The zero-order valence-electron chi connectivity index (χ0n) is 16.4. The second kappa shape index (κ2) is 7.67. The molecule has 1 atom stereocenters. The Hall–Kier alpha value is -2.19. The molecule has 0 amide bonds. The molecule has 28 heavy (non-hydrogen) atoms. The summed E-state index contributed by atoms with van der Waals surface area (Å²) in [5.41, 5.74) is 2.48. The Labute approximate surface area is 165 Å². The molecule has 2 aromatic heterocycles. The summed E-state index contributed by atoms with van der Waals surface area (Å²) in [5.74, 6) is 0.947. The van der Waals surface area contributed by atoms with E-state index in [2.05, 4.69) is 22.0 Å². The van der Waals surface area contributed by atoms with Crippen molar-refractivity contribution in [2.75, 3.05) is 13.1 Å². The monoisotopic (exact) mass is 401 g/mol. The number of fused-ring (bicyclic) bond motifs is 1. The van der Waals surface area contributed by atoms with Crippen LogP contribution in [0.25, 0.3) is 11.0 Å². The van der Waals surface area contributed by atoms with E-state index in [1.54, 1.807) is 22.1 Å². The molecule has 7 nitrogen and oxygen atoms in total. The second-order valence-corrected chi connectivity index (χ2v) is 9.44. The highest BCUT2D eigenvalue weighted by Gasteiger charge is 2.34. The Kier molecular flexibility index (Phi) is 5.25. The molecule has 3 aromatic rings. The zero-order valence-corrected chi connectivity index (χ0v) is 17.2. The highest BCUT2D eigenvalue weighted by Crippen LogP contribution is 2.30. The van der Waals surface area contributed by atoms with Crippen LogP contribution in [0, 0.1) is 6.92 Å². The molecule has 0 spiro atoms. The maximum Gasteiger partial charge on any atom is 0.246 e. The molecule has 4 rings (SSSR count). The van der Waals surface area contributed by atoms with Gasteiger partial charge in [-0.3, -0.25) is 4.68 Å². The van der Waals surface area contributed by atoms with E-state index < -0.39 is 10.0 Å². The molecule has 0 radical (unpaired) electrons. The molecule has 0 aliphatic carbocycles. The van der Waals surface area contributed by atoms with E-state index in [4.69, 9.17) is 0 Å². The van der Waals surface area contributed by atoms with Crippen LogP contribution in [-0.2, 0) is 16.6 Å². The quantitative estimate of drug-likeness (QED) is 0.686. The number of nitrogens with zero attached hydrogens (tertiary/aromatic N) is 4. The molecule has 0 bridgehead atoms. The van der Waals surface area contributed by atoms with Crippen molar-refractivity contribution in [2.45, 2.75) is 56.9 Å². The average Bonchev–Trinajstić information content (AvgIpc) is 3.30. The smallest absolute Gasteiger partial charge is 0.246 e. The molecule has 1 N–H and O–H groups in total. The van der Waals surface area contributed by atoms with E-state index in [0.717, 1.165) is 49.1 Å². The third-order valence-electron chi connectivity index (χ3n) is 5.44. The number of benzene rings is 1. The predicted molar refractivity (Wildman–Crippen MR) is 109 cm³/mol. The zero-order chi connectivity index (χ0) is 19.7. The molecule has 1 unspecified atom stereocenters. The Balaban J connectivity index is 1.57. The maximum atomic E-state index is 13.3. The predicted octanol–water partition coefficient (Wildman–Crippen LogP) is 3.44. The van der Waals surface area contributed by atoms with E-state index in [-0.39, 0.29) is 5.92 Å². The van der Waals surface area contributed by atoms with Gasteiger partial charge in [0.2, 0.25) is 10.0 Å². The Bertz CT molecular complexity index is 1040. The summed E-state index contributed by atoms with van der Waals surface area (Å²) >= 11 is 0. The van der Waals surface area contributed by atoms with Gasteiger partial charge in [0.15, 0.2) is 0 Å². The lowest BCUT2D eigenvalue weighted by atomic mass is 9.99. The van der Waals surface area contributed by atoms with Crippen LogP contribution in [0.2, 0.25) is 0 Å².